The first-order valence-corrected chi connectivity index (χ1v) is 8.03. The molecule has 0 saturated carbocycles. The number of halogens is 2. The molecule has 8 heteroatoms. The fraction of sp³-hybridized carbons (Fsp3) is 0.538. The highest BCUT2D eigenvalue weighted by molar-refractivity contribution is 7.89. The van der Waals surface area contributed by atoms with Crippen molar-refractivity contribution in [1.29, 1.82) is 0 Å². The zero-order chi connectivity index (χ0) is 16.0. The van der Waals surface area contributed by atoms with E-state index >= 15 is 0 Å². The first kappa shape index (κ1) is 18.0. The number of hydrogen-bond acceptors (Lipinski definition) is 4. The van der Waals surface area contributed by atoms with Crippen molar-refractivity contribution in [3.05, 3.63) is 29.3 Å². The Morgan fingerprint density at radius 2 is 1.90 bits per heavy atom. The van der Waals surface area contributed by atoms with Crippen LogP contribution in [0.1, 0.15) is 12.0 Å². The summed E-state index contributed by atoms with van der Waals surface area (Å²) in [5.74, 6) is -2.52. The van der Waals surface area contributed by atoms with Crippen LogP contribution in [0.5, 0.6) is 0 Å². The minimum absolute atomic E-state index is 0.165. The van der Waals surface area contributed by atoms with Crippen molar-refractivity contribution in [2.75, 3.05) is 34.2 Å². The minimum atomic E-state index is -4.06. The van der Waals surface area contributed by atoms with E-state index in [1.807, 2.05) is 19.0 Å². The highest BCUT2D eigenvalue weighted by atomic mass is 32.2. The van der Waals surface area contributed by atoms with Crippen LogP contribution in [0.3, 0.4) is 0 Å². The van der Waals surface area contributed by atoms with Gasteiger partial charge in [0.1, 0.15) is 4.90 Å². The van der Waals surface area contributed by atoms with Gasteiger partial charge in [-0.1, -0.05) is 0 Å². The molecule has 120 valence electrons. The van der Waals surface area contributed by atoms with Gasteiger partial charge in [0.05, 0.1) is 0 Å². The third-order valence-electron chi connectivity index (χ3n) is 2.80. The lowest BCUT2D eigenvalue weighted by atomic mass is 10.2. The summed E-state index contributed by atoms with van der Waals surface area (Å²) in [6.07, 6.45) is 0.576. The first-order valence-electron chi connectivity index (χ1n) is 6.55. The number of nitrogens with zero attached hydrogens (tertiary/aromatic N) is 1. The summed E-state index contributed by atoms with van der Waals surface area (Å²) < 4.78 is 53.6. The van der Waals surface area contributed by atoms with Gasteiger partial charge in [-0.15, -0.1) is 0 Å². The van der Waals surface area contributed by atoms with Crippen LogP contribution < -0.4 is 10.0 Å². The lowest BCUT2D eigenvalue weighted by Crippen LogP contribution is -2.28. The van der Waals surface area contributed by atoms with E-state index in [-0.39, 0.29) is 13.1 Å². The molecular formula is C13H21F2N3O2S. The Hall–Kier alpha value is -1.09. The first-order chi connectivity index (χ1) is 9.77. The summed E-state index contributed by atoms with van der Waals surface area (Å²) in [5, 5.41) is 2.76. The Morgan fingerprint density at radius 1 is 1.24 bits per heavy atom. The van der Waals surface area contributed by atoms with Gasteiger partial charge < -0.3 is 10.2 Å². The van der Waals surface area contributed by atoms with Crippen LogP contribution in [-0.4, -0.2) is 47.6 Å². The maximum Gasteiger partial charge on any atom is 0.243 e. The molecule has 0 aliphatic rings. The van der Waals surface area contributed by atoms with Crippen LogP contribution in [-0.2, 0) is 16.6 Å². The Kier molecular flexibility index (Phi) is 6.66. The monoisotopic (exact) mass is 321 g/mol. The molecule has 0 fully saturated rings. The number of benzene rings is 1. The van der Waals surface area contributed by atoms with Crippen LogP contribution >= 0.6 is 0 Å². The summed E-state index contributed by atoms with van der Waals surface area (Å²) in [7, 11) is 1.30. The molecule has 0 aliphatic carbocycles. The van der Waals surface area contributed by atoms with E-state index in [0.29, 0.717) is 18.5 Å². The lowest BCUT2D eigenvalue weighted by molar-refractivity contribution is 0.399. The van der Waals surface area contributed by atoms with Gasteiger partial charge >= 0.3 is 0 Å². The van der Waals surface area contributed by atoms with Gasteiger partial charge in [-0.3, -0.25) is 0 Å². The molecule has 1 aromatic rings. The van der Waals surface area contributed by atoms with Crippen LogP contribution in [0.15, 0.2) is 17.0 Å². The van der Waals surface area contributed by atoms with Crippen LogP contribution in [0.4, 0.5) is 8.78 Å². The number of hydrogen-bond donors (Lipinski definition) is 2. The van der Waals surface area contributed by atoms with E-state index in [0.717, 1.165) is 12.1 Å². The van der Waals surface area contributed by atoms with Crippen molar-refractivity contribution < 1.29 is 17.2 Å². The summed E-state index contributed by atoms with van der Waals surface area (Å²) in [6, 6.07) is 2.13. The minimum Gasteiger partial charge on any atom is -0.316 e. The summed E-state index contributed by atoms with van der Waals surface area (Å²) >= 11 is 0. The zero-order valence-electron chi connectivity index (χ0n) is 12.4. The fourth-order valence-corrected chi connectivity index (χ4v) is 3.01. The van der Waals surface area contributed by atoms with Crippen LogP contribution in [0, 0.1) is 11.6 Å². The maximum absolute atomic E-state index is 13.7. The van der Waals surface area contributed by atoms with Gasteiger partial charge in [-0.25, -0.2) is 21.9 Å². The highest BCUT2D eigenvalue weighted by Gasteiger charge is 2.22. The van der Waals surface area contributed by atoms with Crippen LogP contribution in [0.25, 0.3) is 0 Å². The molecule has 0 spiro atoms. The van der Waals surface area contributed by atoms with E-state index in [1.54, 1.807) is 7.05 Å². The highest BCUT2D eigenvalue weighted by Crippen LogP contribution is 2.19. The molecule has 0 heterocycles. The molecule has 1 rings (SSSR count). The second-order valence-corrected chi connectivity index (χ2v) is 6.71. The van der Waals surface area contributed by atoms with Crippen molar-refractivity contribution in [1.82, 2.24) is 14.9 Å². The van der Waals surface area contributed by atoms with Gasteiger partial charge in [0, 0.05) is 13.1 Å². The average molecular weight is 321 g/mol. The summed E-state index contributed by atoms with van der Waals surface area (Å²) in [5.41, 5.74) is 0.366. The molecule has 0 bridgehead atoms. The predicted octanol–water partition coefficient (Wildman–Crippen LogP) is 0.914. The molecule has 0 radical (unpaired) electrons. The molecule has 0 aliphatic heterocycles. The standard InChI is InChI=1S/C13H21F2N3O2S/c1-16-9-10-7-11(14)13(15)12(8-10)21(19,20)17-5-4-6-18(2)3/h7-8,16-17H,4-6,9H2,1-3H3. The van der Waals surface area contributed by atoms with E-state index in [9.17, 15) is 17.2 Å². The van der Waals surface area contributed by atoms with Crippen molar-refractivity contribution >= 4 is 10.0 Å². The topological polar surface area (TPSA) is 61.4 Å². The van der Waals surface area contributed by atoms with E-state index < -0.39 is 26.6 Å². The van der Waals surface area contributed by atoms with E-state index in [2.05, 4.69) is 10.0 Å². The molecule has 0 saturated heterocycles. The van der Waals surface area contributed by atoms with E-state index in [1.165, 1.54) is 0 Å². The van der Waals surface area contributed by atoms with Crippen molar-refractivity contribution in [3.63, 3.8) is 0 Å². The summed E-state index contributed by atoms with van der Waals surface area (Å²) in [4.78, 5) is 1.25. The quantitative estimate of drug-likeness (QED) is 0.699. The molecular weight excluding hydrogens is 300 g/mol. The molecule has 0 amide bonds. The largest absolute Gasteiger partial charge is 0.316 e. The fourth-order valence-electron chi connectivity index (χ4n) is 1.80. The lowest BCUT2D eigenvalue weighted by Gasteiger charge is -2.12. The number of nitrogens with one attached hydrogen (secondary N) is 2. The van der Waals surface area contributed by atoms with E-state index in [4.69, 9.17) is 0 Å². The molecule has 2 N–H and O–H groups in total. The van der Waals surface area contributed by atoms with Crippen molar-refractivity contribution in [3.8, 4) is 0 Å². The zero-order valence-corrected chi connectivity index (χ0v) is 13.2. The van der Waals surface area contributed by atoms with Gasteiger partial charge in [-0.2, -0.15) is 0 Å². The SMILES string of the molecule is CNCc1cc(F)c(F)c(S(=O)(=O)NCCCN(C)C)c1. The molecule has 21 heavy (non-hydrogen) atoms. The Bertz CT molecular complexity index is 577. The third kappa shape index (κ3) is 5.31. The van der Waals surface area contributed by atoms with Gasteiger partial charge in [0.15, 0.2) is 11.6 Å². The second-order valence-electron chi connectivity index (χ2n) is 4.97. The maximum atomic E-state index is 13.7. The second kappa shape index (κ2) is 7.79. The third-order valence-corrected chi connectivity index (χ3v) is 4.26. The summed E-state index contributed by atoms with van der Waals surface area (Å²) in [6.45, 7) is 1.11. The van der Waals surface area contributed by atoms with Crippen molar-refractivity contribution in [2.24, 2.45) is 0 Å². The molecule has 5 nitrogen and oxygen atoms in total. The molecule has 0 unspecified atom stereocenters. The average Bonchev–Trinajstić information content (AvgIpc) is 2.38. The number of sulfonamides is 1. The van der Waals surface area contributed by atoms with Gasteiger partial charge in [0.2, 0.25) is 10.0 Å². The normalized spacial score (nSPS) is 12.1. The Balaban J connectivity index is 2.91. The Labute approximate surface area is 124 Å². The Morgan fingerprint density at radius 3 is 2.48 bits per heavy atom. The van der Waals surface area contributed by atoms with Crippen LogP contribution in [0.2, 0.25) is 0 Å². The molecule has 0 atom stereocenters. The molecule has 0 aromatic heterocycles. The van der Waals surface area contributed by atoms with Gasteiger partial charge in [-0.05, 0) is 51.8 Å². The van der Waals surface area contributed by atoms with Crippen molar-refractivity contribution in [2.45, 2.75) is 17.9 Å². The predicted molar refractivity (Wildman–Crippen MR) is 77.5 cm³/mol. The van der Waals surface area contributed by atoms with Gasteiger partial charge in [0.25, 0.3) is 0 Å². The number of rotatable bonds is 8. The molecule has 1 aromatic carbocycles. The smallest absolute Gasteiger partial charge is 0.243 e.